The predicted molar refractivity (Wildman–Crippen MR) is 31.9 cm³/mol. The number of aromatic nitrogens is 1. The van der Waals surface area contributed by atoms with Gasteiger partial charge in [-0.25, -0.2) is 8.48 Å². The largest absolute Gasteiger partial charge is 0.268 e. The normalized spacial score (nSPS) is 9.56. The lowest BCUT2D eigenvalue weighted by Crippen LogP contribution is -2.09. The summed E-state index contributed by atoms with van der Waals surface area (Å²) in [5.74, 6) is -0.524. The molecule has 9 heavy (non-hydrogen) atoms. The van der Waals surface area contributed by atoms with E-state index in [2.05, 4.69) is 0 Å². The summed E-state index contributed by atoms with van der Waals surface area (Å²) in [6.07, 6.45) is 0.907. The number of pyridine rings is 1. The van der Waals surface area contributed by atoms with Crippen LogP contribution in [-0.2, 0) is 0 Å². The zero-order valence-electron chi connectivity index (χ0n) is 4.34. The van der Waals surface area contributed by atoms with Crippen molar-refractivity contribution in [3.8, 4) is 0 Å². The topological polar surface area (TPSA) is 22.0 Å². The molecule has 0 unspecified atom stereocenters. The number of rotatable bonds is 0. The van der Waals surface area contributed by atoms with Crippen molar-refractivity contribution in [3.05, 3.63) is 34.5 Å². The average Bonchev–Trinajstić information content (AvgIpc) is 1.80. The molecule has 0 radical (unpaired) electrons. The predicted octanol–water partition coefficient (Wildman–Crippen LogP) is 0.989. The Morgan fingerprint density at radius 1 is 1.56 bits per heavy atom. The van der Waals surface area contributed by atoms with Gasteiger partial charge in [-0.15, -0.1) is 0 Å². The van der Waals surface area contributed by atoms with Crippen molar-refractivity contribution in [1.29, 1.82) is 0 Å². The third-order valence-electron chi connectivity index (χ3n) is 0.832. The van der Waals surface area contributed by atoms with Gasteiger partial charge in [-0.05, 0) is 6.07 Å². The fourth-order valence-corrected chi connectivity index (χ4v) is 0.587. The van der Waals surface area contributed by atoms with Crippen LogP contribution in [0.3, 0.4) is 0 Å². The number of hydrogen-bond donors (Lipinski definition) is 0. The van der Waals surface area contributed by atoms with Crippen molar-refractivity contribution >= 4 is 11.8 Å². The summed E-state index contributed by atoms with van der Waals surface area (Å²) in [7, 11) is 0. The minimum Gasteiger partial charge on any atom is -0.268 e. The molecular weight excluding hydrogens is 145 g/mol. The van der Waals surface area contributed by atoms with Crippen LogP contribution in [0.4, 0.5) is 4.39 Å². The third kappa shape index (κ3) is 1.29. The van der Waals surface area contributed by atoms with Gasteiger partial charge in [0, 0.05) is 17.8 Å². The van der Waals surface area contributed by atoms with E-state index in [1.807, 2.05) is 0 Å². The molecule has 0 bridgehead atoms. The molecule has 1 rings (SSSR count). The van der Waals surface area contributed by atoms with Gasteiger partial charge < -0.3 is 0 Å². The fraction of sp³-hybridized carbons (Fsp3) is 0. The van der Waals surface area contributed by atoms with Crippen molar-refractivity contribution in [3.63, 3.8) is 0 Å². The minimum atomic E-state index is -0.524. The van der Waals surface area contributed by atoms with Gasteiger partial charge in [-0.1, -0.05) is 0 Å². The Kier molecular flexibility index (Phi) is 1.53. The second-order valence-corrected chi connectivity index (χ2v) is 1.86. The van der Waals surface area contributed by atoms with Crippen LogP contribution in [0.5, 0.6) is 0 Å². The van der Waals surface area contributed by atoms with Crippen LogP contribution in [0.1, 0.15) is 0 Å². The lowest BCUT2D eigenvalue weighted by Gasteiger charge is -1.89. The standard InChI is InChI=1S/C5H3ClFNO/c6-8-3-4(7)1-2-5(8)9/h1-3H. The van der Waals surface area contributed by atoms with E-state index in [1.165, 1.54) is 0 Å². The molecule has 1 heterocycles. The molecule has 0 aromatic carbocycles. The summed E-state index contributed by atoms with van der Waals surface area (Å²) in [6.45, 7) is 0. The van der Waals surface area contributed by atoms with Crippen LogP contribution >= 0.6 is 11.8 Å². The molecule has 0 N–H and O–H groups in total. The van der Waals surface area contributed by atoms with Crippen LogP contribution < -0.4 is 5.56 Å². The van der Waals surface area contributed by atoms with Crippen molar-refractivity contribution in [2.24, 2.45) is 0 Å². The van der Waals surface area contributed by atoms with Gasteiger partial charge in [0.1, 0.15) is 5.82 Å². The summed E-state index contributed by atoms with van der Waals surface area (Å²) >= 11 is 5.18. The van der Waals surface area contributed by atoms with E-state index >= 15 is 0 Å². The highest BCUT2D eigenvalue weighted by atomic mass is 35.5. The lowest BCUT2D eigenvalue weighted by molar-refractivity contribution is 0.617. The van der Waals surface area contributed by atoms with Crippen LogP contribution in [0, 0.1) is 5.82 Å². The zero-order chi connectivity index (χ0) is 6.85. The quantitative estimate of drug-likeness (QED) is 0.537. The molecule has 48 valence electrons. The Morgan fingerprint density at radius 3 is 2.67 bits per heavy atom. The summed E-state index contributed by atoms with van der Waals surface area (Å²) in [4.78, 5) is 10.4. The van der Waals surface area contributed by atoms with E-state index in [0.29, 0.717) is 4.09 Å². The second-order valence-electron chi connectivity index (χ2n) is 1.50. The fourth-order valence-electron chi connectivity index (χ4n) is 0.437. The smallest absolute Gasteiger partial charge is 0.265 e. The van der Waals surface area contributed by atoms with Gasteiger partial charge in [-0.2, -0.15) is 0 Å². The minimum absolute atomic E-state index is 0.432. The van der Waals surface area contributed by atoms with Crippen molar-refractivity contribution in [2.45, 2.75) is 0 Å². The van der Waals surface area contributed by atoms with Gasteiger partial charge in [0.05, 0.1) is 6.20 Å². The van der Waals surface area contributed by atoms with Crippen LogP contribution in [-0.4, -0.2) is 4.09 Å². The summed E-state index contributed by atoms with van der Waals surface area (Å²) in [5.41, 5.74) is -0.432. The molecular formula is C5H3ClFNO. The van der Waals surface area contributed by atoms with Crippen molar-refractivity contribution in [1.82, 2.24) is 4.09 Å². The maximum atomic E-state index is 12.1. The summed E-state index contributed by atoms with van der Waals surface area (Å²) in [5, 5.41) is 0. The molecule has 0 amide bonds. The average molecular weight is 148 g/mol. The molecule has 1 aromatic heterocycles. The molecule has 2 nitrogen and oxygen atoms in total. The molecule has 4 heteroatoms. The van der Waals surface area contributed by atoms with E-state index in [0.717, 1.165) is 18.3 Å². The lowest BCUT2D eigenvalue weighted by atomic mass is 10.5. The Hall–Kier alpha value is -0.830. The first-order chi connectivity index (χ1) is 4.20. The number of hydrogen-bond acceptors (Lipinski definition) is 1. The van der Waals surface area contributed by atoms with Crippen LogP contribution in [0.25, 0.3) is 0 Å². The molecule has 0 spiro atoms. The number of nitrogens with zero attached hydrogens (tertiary/aromatic N) is 1. The Balaban J connectivity index is 3.34. The van der Waals surface area contributed by atoms with Crippen LogP contribution in [0.2, 0.25) is 0 Å². The molecule has 0 saturated carbocycles. The second kappa shape index (κ2) is 2.19. The van der Waals surface area contributed by atoms with E-state index < -0.39 is 11.4 Å². The van der Waals surface area contributed by atoms with E-state index in [4.69, 9.17) is 11.8 Å². The first-order valence-electron chi connectivity index (χ1n) is 2.24. The molecule has 0 atom stereocenters. The zero-order valence-corrected chi connectivity index (χ0v) is 5.10. The molecule has 0 saturated heterocycles. The van der Waals surface area contributed by atoms with Gasteiger partial charge in [-0.3, -0.25) is 4.79 Å². The van der Waals surface area contributed by atoms with Crippen molar-refractivity contribution in [2.75, 3.05) is 0 Å². The highest BCUT2D eigenvalue weighted by Gasteiger charge is 1.91. The number of halogens is 2. The molecule has 0 aliphatic carbocycles. The summed E-state index contributed by atoms with van der Waals surface area (Å²) in [6, 6.07) is 2.11. The van der Waals surface area contributed by atoms with Crippen molar-refractivity contribution < 1.29 is 4.39 Å². The van der Waals surface area contributed by atoms with Gasteiger partial charge >= 0.3 is 0 Å². The van der Waals surface area contributed by atoms with E-state index in [-0.39, 0.29) is 0 Å². The Morgan fingerprint density at radius 2 is 2.22 bits per heavy atom. The highest BCUT2D eigenvalue weighted by Crippen LogP contribution is 1.91. The first-order valence-corrected chi connectivity index (χ1v) is 2.58. The molecule has 0 aliphatic rings. The third-order valence-corrected chi connectivity index (χ3v) is 1.10. The van der Waals surface area contributed by atoms with Crippen LogP contribution in [0.15, 0.2) is 23.1 Å². The monoisotopic (exact) mass is 147 g/mol. The summed E-state index contributed by atoms with van der Waals surface area (Å²) < 4.78 is 12.8. The first kappa shape index (κ1) is 6.29. The Labute approximate surface area is 55.6 Å². The Bertz CT molecular complexity index is 270. The molecule has 0 aliphatic heterocycles. The van der Waals surface area contributed by atoms with Gasteiger partial charge in [0.15, 0.2) is 0 Å². The highest BCUT2D eigenvalue weighted by molar-refractivity contribution is 6.15. The molecule has 0 fully saturated rings. The maximum Gasteiger partial charge on any atom is 0.265 e. The van der Waals surface area contributed by atoms with Gasteiger partial charge in [0.25, 0.3) is 5.56 Å². The van der Waals surface area contributed by atoms with E-state index in [1.54, 1.807) is 0 Å². The van der Waals surface area contributed by atoms with E-state index in [9.17, 15) is 9.18 Å². The van der Waals surface area contributed by atoms with Gasteiger partial charge in [0.2, 0.25) is 0 Å². The molecule has 1 aromatic rings. The SMILES string of the molecule is O=c1ccc(F)cn1Cl. The maximum absolute atomic E-state index is 12.1.